The molecule has 1 heterocycles. The number of rotatable bonds is 4. The number of nitrogens with one attached hydrogen (secondary N) is 2. The molecule has 0 spiro atoms. The minimum absolute atomic E-state index is 0.0230. The molecule has 0 bridgehead atoms. The minimum Gasteiger partial charge on any atom is -0.314 e. The van der Waals surface area contributed by atoms with Crippen molar-refractivity contribution < 1.29 is 21.6 Å². The SMILES string of the molecule is CC1CC(NS(=O)(=O)c2ccc(SC(F)(F)F)cc2)CCN1. The Morgan fingerprint density at radius 1 is 1.27 bits per heavy atom. The molecule has 2 unspecified atom stereocenters. The summed E-state index contributed by atoms with van der Waals surface area (Å²) in [4.78, 5) is -0.0628. The molecule has 1 aromatic rings. The molecular formula is C13H17F3N2O2S2. The zero-order valence-electron chi connectivity index (χ0n) is 11.9. The van der Waals surface area contributed by atoms with Gasteiger partial charge in [-0.25, -0.2) is 13.1 Å². The van der Waals surface area contributed by atoms with Crippen LogP contribution in [0.25, 0.3) is 0 Å². The van der Waals surface area contributed by atoms with Gasteiger partial charge in [-0.2, -0.15) is 13.2 Å². The summed E-state index contributed by atoms with van der Waals surface area (Å²) < 4.78 is 63.8. The summed E-state index contributed by atoms with van der Waals surface area (Å²) in [5, 5.41) is 3.22. The van der Waals surface area contributed by atoms with Crippen molar-refractivity contribution in [3.63, 3.8) is 0 Å². The van der Waals surface area contributed by atoms with Crippen LogP contribution in [0, 0.1) is 0 Å². The van der Waals surface area contributed by atoms with Gasteiger partial charge in [0.05, 0.1) is 4.90 Å². The Kier molecular flexibility index (Phi) is 5.41. The van der Waals surface area contributed by atoms with Gasteiger partial charge < -0.3 is 5.32 Å². The quantitative estimate of drug-likeness (QED) is 0.817. The summed E-state index contributed by atoms with van der Waals surface area (Å²) in [6.07, 6.45) is 1.37. The van der Waals surface area contributed by atoms with Crippen molar-refractivity contribution in [3.05, 3.63) is 24.3 Å². The molecule has 1 aliphatic heterocycles. The first-order chi connectivity index (χ1) is 10.2. The topological polar surface area (TPSA) is 58.2 Å². The Morgan fingerprint density at radius 3 is 2.45 bits per heavy atom. The molecule has 0 amide bonds. The second-order valence-corrected chi connectivity index (χ2v) is 8.07. The van der Waals surface area contributed by atoms with E-state index in [1.807, 2.05) is 6.92 Å². The van der Waals surface area contributed by atoms with E-state index in [2.05, 4.69) is 10.0 Å². The zero-order chi connectivity index (χ0) is 16.4. The summed E-state index contributed by atoms with van der Waals surface area (Å²) in [6.45, 7) is 2.71. The molecule has 1 saturated heterocycles. The molecule has 1 aromatic carbocycles. The van der Waals surface area contributed by atoms with Crippen LogP contribution in [0.1, 0.15) is 19.8 Å². The number of benzene rings is 1. The highest BCUT2D eigenvalue weighted by Crippen LogP contribution is 2.36. The number of alkyl halides is 3. The zero-order valence-corrected chi connectivity index (χ0v) is 13.5. The van der Waals surface area contributed by atoms with Crippen molar-refractivity contribution >= 4 is 21.8 Å². The number of hydrogen-bond acceptors (Lipinski definition) is 4. The van der Waals surface area contributed by atoms with E-state index in [0.29, 0.717) is 12.8 Å². The van der Waals surface area contributed by atoms with Gasteiger partial charge in [-0.15, -0.1) is 0 Å². The number of hydrogen-bond donors (Lipinski definition) is 2. The monoisotopic (exact) mass is 354 g/mol. The Bertz CT molecular complexity index is 603. The van der Waals surface area contributed by atoms with Crippen molar-refractivity contribution in [2.45, 2.75) is 47.1 Å². The van der Waals surface area contributed by atoms with Crippen LogP contribution in [-0.2, 0) is 10.0 Å². The molecule has 1 fully saturated rings. The normalized spacial score (nSPS) is 23.5. The molecule has 2 atom stereocenters. The molecule has 4 nitrogen and oxygen atoms in total. The lowest BCUT2D eigenvalue weighted by Gasteiger charge is -2.28. The molecule has 0 saturated carbocycles. The number of sulfonamides is 1. The van der Waals surface area contributed by atoms with E-state index in [4.69, 9.17) is 0 Å². The van der Waals surface area contributed by atoms with Crippen LogP contribution < -0.4 is 10.0 Å². The van der Waals surface area contributed by atoms with Gasteiger partial charge in [-0.1, -0.05) is 0 Å². The van der Waals surface area contributed by atoms with E-state index in [1.54, 1.807) is 0 Å². The summed E-state index contributed by atoms with van der Waals surface area (Å²) >= 11 is -0.267. The van der Waals surface area contributed by atoms with E-state index in [0.717, 1.165) is 18.7 Å². The van der Waals surface area contributed by atoms with Crippen LogP contribution in [0.15, 0.2) is 34.1 Å². The molecule has 2 rings (SSSR count). The minimum atomic E-state index is -4.39. The van der Waals surface area contributed by atoms with Crippen molar-refractivity contribution in [2.75, 3.05) is 6.54 Å². The first-order valence-electron chi connectivity index (χ1n) is 6.77. The molecule has 2 N–H and O–H groups in total. The van der Waals surface area contributed by atoms with Crippen LogP contribution >= 0.6 is 11.8 Å². The summed E-state index contributed by atoms with van der Waals surface area (Å²) in [7, 11) is -3.71. The lowest BCUT2D eigenvalue weighted by Crippen LogP contribution is -2.46. The van der Waals surface area contributed by atoms with Crippen LogP contribution in [0.5, 0.6) is 0 Å². The predicted molar refractivity (Wildman–Crippen MR) is 79.2 cm³/mol. The number of halogens is 3. The smallest absolute Gasteiger partial charge is 0.314 e. The molecule has 0 aromatic heterocycles. The second kappa shape index (κ2) is 6.77. The first kappa shape index (κ1) is 17.6. The average Bonchev–Trinajstić information content (AvgIpc) is 2.36. The summed E-state index contributed by atoms with van der Waals surface area (Å²) in [5.41, 5.74) is -4.39. The van der Waals surface area contributed by atoms with Gasteiger partial charge in [-0.05, 0) is 62.3 Å². The first-order valence-corrected chi connectivity index (χ1v) is 9.07. The fourth-order valence-corrected chi connectivity index (χ4v) is 4.17. The van der Waals surface area contributed by atoms with E-state index in [1.165, 1.54) is 12.1 Å². The molecule has 0 aliphatic carbocycles. The van der Waals surface area contributed by atoms with Crippen molar-refractivity contribution in [1.29, 1.82) is 0 Å². The average molecular weight is 354 g/mol. The van der Waals surface area contributed by atoms with Crippen molar-refractivity contribution in [1.82, 2.24) is 10.0 Å². The highest BCUT2D eigenvalue weighted by molar-refractivity contribution is 8.00. The standard InChI is InChI=1S/C13H17F3N2O2S2/c1-9-8-10(6-7-17-9)18-22(19,20)12-4-2-11(3-5-12)21-13(14,15)16/h2-5,9-10,17-18H,6-8H2,1H3. The largest absolute Gasteiger partial charge is 0.446 e. The molecule has 9 heteroatoms. The maximum absolute atomic E-state index is 12.2. The van der Waals surface area contributed by atoms with Gasteiger partial charge in [0.15, 0.2) is 0 Å². The van der Waals surface area contributed by atoms with Gasteiger partial charge in [0.2, 0.25) is 10.0 Å². The lowest BCUT2D eigenvalue weighted by atomic mass is 10.0. The van der Waals surface area contributed by atoms with Crippen LogP contribution in [0.4, 0.5) is 13.2 Å². The third-order valence-corrected chi connectivity index (χ3v) is 5.59. The second-order valence-electron chi connectivity index (χ2n) is 5.22. The van der Waals surface area contributed by atoms with Crippen molar-refractivity contribution in [2.24, 2.45) is 0 Å². The maximum atomic E-state index is 12.2. The van der Waals surface area contributed by atoms with E-state index < -0.39 is 15.5 Å². The van der Waals surface area contributed by atoms with Gasteiger partial charge in [-0.3, -0.25) is 0 Å². The van der Waals surface area contributed by atoms with E-state index in [-0.39, 0.29) is 33.6 Å². The molecule has 1 aliphatic rings. The van der Waals surface area contributed by atoms with Crippen LogP contribution in [0.3, 0.4) is 0 Å². The van der Waals surface area contributed by atoms with Gasteiger partial charge in [0.1, 0.15) is 0 Å². The fourth-order valence-electron chi connectivity index (χ4n) is 2.35. The molecule has 0 radical (unpaired) electrons. The van der Waals surface area contributed by atoms with E-state index >= 15 is 0 Å². The Labute approximate surface area is 131 Å². The summed E-state index contributed by atoms with van der Waals surface area (Å²) in [5.74, 6) is 0. The Morgan fingerprint density at radius 2 is 1.91 bits per heavy atom. The third kappa shape index (κ3) is 5.15. The van der Waals surface area contributed by atoms with Crippen LogP contribution in [0.2, 0.25) is 0 Å². The molecule has 124 valence electrons. The highest BCUT2D eigenvalue weighted by Gasteiger charge is 2.29. The Hall–Kier alpha value is -0.770. The lowest BCUT2D eigenvalue weighted by molar-refractivity contribution is -0.0328. The summed E-state index contributed by atoms with van der Waals surface area (Å²) in [6, 6.07) is 4.79. The number of thioether (sulfide) groups is 1. The van der Waals surface area contributed by atoms with Gasteiger partial charge in [0, 0.05) is 17.0 Å². The number of piperidine rings is 1. The van der Waals surface area contributed by atoms with Gasteiger partial charge in [0.25, 0.3) is 0 Å². The van der Waals surface area contributed by atoms with E-state index in [9.17, 15) is 21.6 Å². The maximum Gasteiger partial charge on any atom is 0.446 e. The fraction of sp³-hybridized carbons (Fsp3) is 0.538. The van der Waals surface area contributed by atoms with Crippen molar-refractivity contribution in [3.8, 4) is 0 Å². The Balaban J connectivity index is 2.06. The highest BCUT2D eigenvalue weighted by atomic mass is 32.2. The third-order valence-electron chi connectivity index (χ3n) is 3.31. The molecule has 22 heavy (non-hydrogen) atoms. The predicted octanol–water partition coefficient (Wildman–Crippen LogP) is 2.72. The van der Waals surface area contributed by atoms with Crippen LogP contribution in [-0.4, -0.2) is 32.6 Å². The van der Waals surface area contributed by atoms with Gasteiger partial charge >= 0.3 is 5.51 Å². The molecular weight excluding hydrogens is 337 g/mol.